The minimum Gasteiger partial charge on any atom is -0.495 e. The zero-order chi connectivity index (χ0) is 24.8. The SMILES string of the molecule is COc1ccccc1NC(=O)C1=C(C)NC(=O)NC1c1ccc(OCc2ccccc2)c(OC)c1. The Morgan fingerprint density at radius 2 is 1.63 bits per heavy atom. The normalized spacial score (nSPS) is 15.1. The zero-order valence-corrected chi connectivity index (χ0v) is 19.8. The fourth-order valence-corrected chi connectivity index (χ4v) is 3.90. The summed E-state index contributed by atoms with van der Waals surface area (Å²) >= 11 is 0. The van der Waals surface area contributed by atoms with E-state index < -0.39 is 12.1 Å². The van der Waals surface area contributed by atoms with E-state index in [1.54, 1.807) is 44.4 Å². The molecule has 1 atom stereocenters. The molecule has 4 rings (SSSR count). The molecule has 3 aromatic carbocycles. The number of urea groups is 1. The van der Waals surface area contributed by atoms with Crippen molar-refractivity contribution in [1.29, 1.82) is 0 Å². The first-order valence-electron chi connectivity index (χ1n) is 11.1. The van der Waals surface area contributed by atoms with E-state index in [-0.39, 0.29) is 5.91 Å². The van der Waals surface area contributed by atoms with Crippen LogP contribution >= 0.6 is 0 Å². The molecule has 0 saturated carbocycles. The standard InChI is InChI=1S/C27H27N3O5/c1-17-24(26(31)29-20-11-7-8-12-21(20)33-2)25(30-27(32)28-17)19-13-14-22(23(15-19)34-3)35-16-18-9-5-4-6-10-18/h4-15,25H,16H2,1-3H3,(H,29,31)(H2,28,30,32). The average Bonchev–Trinajstić information content (AvgIpc) is 2.87. The van der Waals surface area contributed by atoms with E-state index in [9.17, 15) is 9.59 Å². The number of carbonyl (C=O) groups excluding carboxylic acids is 2. The van der Waals surface area contributed by atoms with Gasteiger partial charge in [-0.3, -0.25) is 4.79 Å². The smallest absolute Gasteiger partial charge is 0.319 e. The molecular formula is C27H27N3O5. The molecule has 1 heterocycles. The Morgan fingerprint density at radius 3 is 2.37 bits per heavy atom. The Bertz CT molecular complexity index is 1260. The van der Waals surface area contributed by atoms with Gasteiger partial charge < -0.3 is 30.2 Å². The topological polar surface area (TPSA) is 97.9 Å². The number of amides is 3. The number of allylic oxidation sites excluding steroid dienone is 1. The molecule has 1 aliphatic heterocycles. The molecule has 0 radical (unpaired) electrons. The summed E-state index contributed by atoms with van der Waals surface area (Å²) in [4.78, 5) is 25.6. The lowest BCUT2D eigenvalue weighted by Gasteiger charge is -2.29. The van der Waals surface area contributed by atoms with Crippen LogP contribution < -0.4 is 30.2 Å². The highest BCUT2D eigenvalue weighted by molar-refractivity contribution is 6.07. The van der Waals surface area contributed by atoms with Gasteiger partial charge in [-0.05, 0) is 42.3 Å². The van der Waals surface area contributed by atoms with Crippen molar-refractivity contribution < 1.29 is 23.8 Å². The Labute approximate surface area is 203 Å². The number of hydrogen-bond donors (Lipinski definition) is 3. The third-order valence-electron chi connectivity index (χ3n) is 5.63. The molecule has 0 aliphatic carbocycles. The Balaban J connectivity index is 1.61. The highest BCUT2D eigenvalue weighted by Crippen LogP contribution is 2.35. The summed E-state index contributed by atoms with van der Waals surface area (Å²) in [6.07, 6.45) is 0. The predicted molar refractivity (Wildman–Crippen MR) is 133 cm³/mol. The largest absolute Gasteiger partial charge is 0.495 e. The number of nitrogens with one attached hydrogen (secondary N) is 3. The Morgan fingerprint density at radius 1 is 0.914 bits per heavy atom. The molecule has 3 aromatic rings. The van der Waals surface area contributed by atoms with Crippen LogP contribution in [0.1, 0.15) is 24.1 Å². The number of carbonyl (C=O) groups is 2. The van der Waals surface area contributed by atoms with E-state index >= 15 is 0 Å². The molecule has 3 N–H and O–H groups in total. The molecule has 0 fully saturated rings. The lowest BCUT2D eigenvalue weighted by Crippen LogP contribution is -2.46. The van der Waals surface area contributed by atoms with Crippen LogP contribution in [0.5, 0.6) is 17.2 Å². The molecule has 1 unspecified atom stereocenters. The lowest BCUT2D eigenvalue weighted by atomic mass is 9.94. The van der Waals surface area contributed by atoms with E-state index in [2.05, 4.69) is 16.0 Å². The van der Waals surface area contributed by atoms with E-state index in [0.717, 1.165) is 5.56 Å². The number of benzene rings is 3. The van der Waals surface area contributed by atoms with Crippen LogP contribution in [0.15, 0.2) is 84.1 Å². The second kappa shape index (κ2) is 10.6. The Kier molecular flexibility index (Phi) is 7.21. The number of methoxy groups -OCH3 is 2. The fourth-order valence-electron chi connectivity index (χ4n) is 3.90. The van der Waals surface area contributed by atoms with Crippen LogP contribution in [0.25, 0.3) is 0 Å². The first-order valence-corrected chi connectivity index (χ1v) is 11.1. The molecule has 1 aliphatic rings. The molecule has 35 heavy (non-hydrogen) atoms. The minimum atomic E-state index is -0.699. The third kappa shape index (κ3) is 5.38. The van der Waals surface area contributed by atoms with E-state index in [1.807, 2.05) is 42.5 Å². The van der Waals surface area contributed by atoms with Crippen molar-refractivity contribution >= 4 is 17.6 Å². The minimum absolute atomic E-state index is 0.368. The molecule has 8 nitrogen and oxygen atoms in total. The second-order valence-electron chi connectivity index (χ2n) is 7.91. The summed E-state index contributed by atoms with van der Waals surface area (Å²) in [6, 6.07) is 21.2. The summed E-state index contributed by atoms with van der Waals surface area (Å²) in [5.74, 6) is 1.22. The van der Waals surface area contributed by atoms with Crippen LogP contribution in [0, 0.1) is 0 Å². The van der Waals surface area contributed by atoms with Gasteiger partial charge in [0.15, 0.2) is 11.5 Å². The van der Waals surface area contributed by atoms with Crippen LogP contribution in [0.2, 0.25) is 0 Å². The first-order chi connectivity index (χ1) is 17.0. The fraction of sp³-hybridized carbons (Fsp3) is 0.185. The van der Waals surface area contributed by atoms with Gasteiger partial charge in [-0.2, -0.15) is 0 Å². The highest BCUT2D eigenvalue weighted by atomic mass is 16.5. The third-order valence-corrected chi connectivity index (χ3v) is 5.63. The lowest BCUT2D eigenvalue weighted by molar-refractivity contribution is -0.113. The maximum Gasteiger partial charge on any atom is 0.319 e. The summed E-state index contributed by atoms with van der Waals surface area (Å²) in [5, 5.41) is 8.41. The van der Waals surface area contributed by atoms with Gasteiger partial charge in [-0.1, -0.05) is 48.5 Å². The second-order valence-corrected chi connectivity index (χ2v) is 7.91. The molecule has 180 valence electrons. The number of anilines is 1. The molecule has 8 heteroatoms. The summed E-state index contributed by atoms with van der Waals surface area (Å²) < 4.78 is 16.8. The van der Waals surface area contributed by atoms with E-state index in [0.29, 0.717) is 46.4 Å². The summed E-state index contributed by atoms with van der Waals surface area (Å²) in [6.45, 7) is 2.07. The predicted octanol–water partition coefficient (Wildman–Crippen LogP) is 4.55. The molecule has 0 bridgehead atoms. The van der Waals surface area contributed by atoms with Crippen LogP contribution in [-0.4, -0.2) is 26.2 Å². The van der Waals surface area contributed by atoms with Gasteiger partial charge in [0.05, 0.1) is 31.5 Å². The number of rotatable bonds is 8. The van der Waals surface area contributed by atoms with Gasteiger partial charge in [-0.15, -0.1) is 0 Å². The quantitative estimate of drug-likeness (QED) is 0.446. The van der Waals surface area contributed by atoms with Gasteiger partial charge in [0.1, 0.15) is 12.4 Å². The maximum absolute atomic E-state index is 13.3. The average molecular weight is 474 g/mol. The van der Waals surface area contributed by atoms with Gasteiger partial charge >= 0.3 is 6.03 Å². The maximum atomic E-state index is 13.3. The number of hydrogen-bond acceptors (Lipinski definition) is 5. The van der Waals surface area contributed by atoms with Crippen LogP contribution in [-0.2, 0) is 11.4 Å². The molecule has 3 amide bonds. The molecule has 0 aromatic heterocycles. The molecular weight excluding hydrogens is 446 g/mol. The van der Waals surface area contributed by atoms with Crippen molar-refractivity contribution in [3.8, 4) is 17.2 Å². The number of para-hydroxylation sites is 2. The van der Waals surface area contributed by atoms with E-state index in [1.165, 1.54) is 7.11 Å². The van der Waals surface area contributed by atoms with Crippen molar-refractivity contribution in [2.75, 3.05) is 19.5 Å². The summed E-state index contributed by atoms with van der Waals surface area (Å²) in [5.41, 5.74) is 3.05. The van der Waals surface area contributed by atoms with Crippen molar-refractivity contribution in [3.63, 3.8) is 0 Å². The highest BCUT2D eigenvalue weighted by Gasteiger charge is 2.32. The monoisotopic (exact) mass is 473 g/mol. The first kappa shape index (κ1) is 23.7. The van der Waals surface area contributed by atoms with Gasteiger partial charge in [0, 0.05) is 5.70 Å². The van der Waals surface area contributed by atoms with Gasteiger partial charge in [-0.25, -0.2) is 4.79 Å². The van der Waals surface area contributed by atoms with Gasteiger partial charge in [0.2, 0.25) is 0 Å². The van der Waals surface area contributed by atoms with Crippen molar-refractivity contribution in [1.82, 2.24) is 10.6 Å². The van der Waals surface area contributed by atoms with Crippen molar-refractivity contribution in [2.45, 2.75) is 19.6 Å². The number of ether oxygens (including phenoxy) is 3. The molecule has 0 spiro atoms. The zero-order valence-electron chi connectivity index (χ0n) is 19.8. The van der Waals surface area contributed by atoms with E-state index in [4.69, 9.17) is 14.2 Å². The van der Waals surface area contributed by atoms with Crippen LogP contribution in [0.3, 0.4) is 0 Å². The summed E-state index contributed by atoms with van der Waals surface area (Å²) in [7, 11) is 3.08. The van der Waals surface area contributed by atoms with Crippen molar-refractivity contribution in [2.24, 2.45) is 0 Å². The van der Waals surface area contributed by atoms with Crippen molar-refractivity contribution in [3.05, 3.63) is 95.2 Å². The van der Waals surface area contributed by atoms with Gasteiger partial charge in [0.25, 0.3) is 5.91 Å². The molecule has 0 saturated heterocycles. The Hall–Kier alpha value is -4.46. The van der Waals surface area contributed by atoms with Crippen LogP contribution in [0.4, 0.5) is 10.5 Å².